The molecule has 0 spiro atoms. The summed E-state index contributed by atoms with van der Waals surface area (Å²) in [7, 11) is 0. The van der Waals surface area contributed by atoms with Gasteiger partial charge in [0.15, 0.2) is 0 Å². The minimum absolute atomic E-state index is 0.0783. The molecule has 0 aliphatic carbocycles. The number of benzene rings is 2. The van der Waals surface area contributed by atoms with Gasteiger partial charge in [0, 0.05) is 39.3 Å². The van der Waals surface area contributed by atoms with E-state index in [4.69, 9.17) is 0 Å². The van der Waals surface area contributed by atoms with Gasteiger partial charge in [-0.15, -0.1) is 0 Å². The normalized spacial score (nSPS) is 16.0. The summed E-state index contributed by atoms with van der Waals surface area (Å²) in [5.74, 6) is 0. The Labute approximate surface area is 181 Å². The molecule has 1 aliphatic rings. The third-order valence-corrected chi connectivity index (χ3v) is 5.30. The Balaban J connectivity index is 1.60. The zero-order valence-corrected chi connectivity index (χ0v) is 17.1. The van der Waals surface area contributed by atoms with Crippen LogP contribution in [0.15, 0.2) is 48.5 Å². The molecule has 1 aliphatic heterocycles. The standard InChI is InChI=1S/C22H23F6N3O/c23-21(24,25)18-8-7-17(19(13-18)22(26,27)28)14-29-20(32)31-10-4-9-30(11-12-31)15-16-5-2-1-3-6-16/h1-3,5-8,13H,4,9-12,14-15H2,(H,29,32). The Hall–Kier alpha value is -2.75. The number of carbonyl (C=O) groups excluding carboxylic acids is 1. The fourth-order valence-corrected chi connectivity index (χ4v) is 3.63. The minimum Gasteiger partial charge on any atom is -0.334 e. The van der Waals surface area contributed by atoms with Crippen LogP contribution >= 0.6 is 0 Å². The van der Waals surface area contributed by atoms with Gasteiger partial charge in [-0.1, -0.05) is 36.4 Å². The van der Waals surface area contributed by atoms with Crippen LogP contribution in [0.3, 0.4) is 0 Å². The van der Waals surface area contributed by atoms with Crippen molar-refractivity contribution in [2.75, 3.05) is 26.2 Å². The van der Waals surface area contributed by atoms with Crippen molar-refractivity contribution in [2.24, 2.45) is 0 Å². The highest BCUT2D eigenvalue weighted by Crippen LogP contribution is 2.37. The molecule has 1 saturated heterocycles. The maximum atomic E-state index is 13.3. The smallest absolute Gasteiger partial charge is 0.334 e. The number of alkyl halides is 6. The van der Waals surface area contributed by atoms with Crippen molar-refractivity contribution in [1.82, 2.24) is 15.1 Å². The molecule has 1 heterocycles. The first kappa shape index (κ1) is 23.9. The number of nitrogens with zero attached hydrogens (tertiary/aromatic N) is 2. The molecule has 2 amide bonds. The highest BCUT2D eigenvalue weighted by atomic mass is 19.4. The van der Waals surface area contributed by atoms with Gasteiger partial charge in [-0.05, 0) is 29.7 Å². The molecular formula is C22H23F6N3O. The van der Waals surface area contributed by atoms with E-state index >= 15 is 0 Å². The van der Waals surface area contributed by atoms with Crippen LogP contribution in [0.25, 0.3) is 0 Å². The highest BCUT2D eigenvalue weighted by molar-refractivity contribution is 5.74. The number of hydrogen-bond acceptors (Lipinski definition) is 2. The lowest BCUT2D eigenvalue weighted by Gasteiger charge is -2.23. The molecule has 1 N–H and O–H groups in total. The lowest BCUT2D eigenvalue weighted by molar-refractivity contribution is -0.143. The van der Waals surface area contributed by atoms with E-state index in [1.165, 1.54) is 4.90 Å². The molecule has 0 unspecified atom stereocenters. The van der Waals surface area contributed by atoms with Gasteiger partial charge in [-0.3, -0.25) is 4.90 Å². The van der Waals surface area contributed by atoms with E-state index in [0.717, 1.165) is 24.7 Å². The third kappa shape index (κ3) is 6.38. The van der Waals surface area contributed by atoms with E-state index in [9.17, 15) is 31.1 Å². The number of amides is 2. The second kappa shape index (κ2) is 9.81. The first-order valence-corrected chi connectivity index (χ1v) is 10.1. The summed E-state index contributed by atoms with van der Waals surface area (Å²) in [5.41, 5.74) is -2.06. The molecule has 4 nitrogen and oxygen atoms in total. The van der Waals surface area contributed by atoms with Crippen LogP contribution in [-0.2, 0) is 25.4 Å². The van der Waals surface area contributed by atoms with E-state index in [1.54, 1.807) is 0 Å². The average Bonchev–Trinajstić information content (AvgIpc) is 2.97. The summed E-state index contributed by atoms with van der Waals surface area (Å²) in [6, 6.07) is 10.7. The van der Waals surface area contributed by atoms with Gasteiger partial charge >= 0.3 is 18.4 Å². The molecule has 0 aromatic heterocycles. The zero-order valence-electron chi connectivity index (χ0n) is 17.1. The van der Waals surface area contributed by atoms with E-state index in [1.807, 2.05) is 30.3 Å². The summed E-state index contributed by atoms with van der Waals surface area (Å²) < 4.78 is 78.2. The Morgan fingerprint density at radius 1 is 0.875 bits per heavy atom. The zero-order chi connectivity index (χ0) is 23.4. The van der Waals surface area contributed by atoms with Crippen LogP contribution in [0, 0.1) is 0 Å². The summed E-state index contributed by atoms with van der Waals surface area (Å²) in [6.07, 6.45) is -9.16. The molecule has 1 fully saturated rings. The molecule has 0 atom stereocenters. The van der Waals surface area contributed by atoms with Gasteiger partial charge in [-0.25, -0.2) is 4.79 Å². The van der Waals surface area contributed by atoms with Crippen LogP contribution in [0.1, 0.15) is 28.7 Å². The maximum absolute atomic E-state index is 13.3. The van der Waals surface area contributed by atoms with Crippen molar-refractivity contribution < 1.29 is 31.1 Å². The largest absolute Gasteiger partial charge is 0.416 e. The van der Waals surface area contributed by atoms with E-state index < -0.39 is 41.6 Å². The Morgan fingerprint density at radius 2 is 1.59 bits per heavy atom. The fourth-order valence-electron chi connectivity index (χ4n) is 3.63. The second-order valence-corrected chi connectivity index (χ2v) is 7.63. The van der Waals surface area contributed by atoms with Crippen LogP contribution in [0.2, 0.25) is 0 Å². The van der Waals surface area contributed by atoms with Gasteiger partial charge in [0.1, 0.15) is 0 Å². The third-order valence-electron chi connectivity index (χ3n) is 5.30. The van der Waals surface area contributed by atoms with Crippen LogP contribution in [0.4, 0.5) is 31.1 Å². The molecule has 10 heteroatoms. The van der Waals surface area contributed by atoms with Crippen LogP contribution < -0.4 is 5.32 Å². The van der Waals surface area contributed by atoms with Gasteiger partial charge in [-0.2, -0.15) is 26.3 Å². The quantitative estimate of drug-likeness (QED) is 0.643. The molecule has 2 aromatic rings. The van der Waals surface area contributed by atoms with Crippen molar-refractivity contribution >= 4 is 6.03 Å². The van der Waals surface area contributed by atoms with Crippen molar-refractivity contribution in [1.29, 1.82) is 0 Å². The Bertz CT molecular complexity index is 914. The van der Waals surface area contributed by atoms with Crippen molar-refractivity contribution in [3.8, 4) is 0 Å². The van der Waals surface area contributed by atoms with E-state index in [0.29, 0.717) is 32.1 Å². The number of halogens is 6. The van der Waals surface area contributed by atoms with E-state index in [-0.39, 0.29) is 6.07 Å². The molecule has 0 radical (unpaired) electrons. The Kier molecular flexibility index (Phi) is 7.33. The molecule has 32 heavy (non-hydrogen) atoms. The first-order chi connectivity index (χ1) is 15.0. The van der Waals surface area contributed by atoms with Gasteiger partial charge < -0.3 is 10.2 Å². The van der Waals surface area contributed by atoms with Crippen molar-refractivity contribution in [3.63, 3.8) is 0 Å². The molecule has 2 aromatic carbocycles. The van der Waals surface area contributed by atoms with Gasteiger partial charge in [0.25, 0.3) is 0 Å². The molecule has 0 bridgehead atoms. The average molecular weight is 459 g/mol. The molecule has 3 rings (SSSR count). The first-order valence-electron chi connectivity index (χ1n) is 10.1. The number of hydrogen-bond donors (Lipinski definition) is 1. The number of carbonyl (C=O) groups is 1. The monoisotopic (exact) mass is 459 g/mol. The summed E-state index contributed by atoms with van der Waals surface area (Å²) in [4.78, 5) is 16.2. The SMILES string of the molecule is O=C(NCc1ccc(C(F)(F)F)cc1C(F)(F)F)N1CCCN(Cc2ccccc2)CC1. The molecular weight excluding hydrogens is 436 g/mol. The summed E-state index contributed by atoms with van der Waals surface area (Å²) in [6.45, 7) is 2.44. The van der Waals surface area contributed by atoms with E-state index in [2.05, 4.69) is 10.2 Å². The molecule has 0 saturated carbocycles. The van der Waals surface area contributed by atoms with Crippen LogP contribution in [0.5, 0.6) is 0 Å². The topological polar surface area (TPSA) is 35.6 Å². The van der Waals surface area contributed by atoms with Crippen molar-refractivity contribution in [3.05, 3.63) is 70.8 Å². The fraction of sp³-hybridized carbons (Fsp3) is 0.409. The summed E-state index contributed by atoms with van der Waals surface area (Å²) >= 11 is 0. The number of nitrogens with one attached hydrogen (secondary N) is 1. The summed E-state index contributed by atoms with van der Waals surface area (Å²) in [5, 5.41) is 2.42. The lowest BCUT2D eigenvalue weighted by Crippen LogP contribution is -2.42. The second-order valence-electron chi connectivity index (χ2n) is 7.63. The highest BCUT2D eigenvalue weighted by Gasteiger charge is 2.38. The van der Waals surface area contributed by atoms with Crippen molar-refractivity contribution in [2.45, 2.75) is 31.9 Å². The molecule has 174 valence electrons. The number of urea groups is 1. The number of rotatable bonds is 4. The van der Waals surface area contributed by atoms with Gasteiger partial charge in [0.05, 0.1) is 11.1 Å². The minimum atomic E-state index is -4.97. The van der Waals surface area contributed by atoms with Gasteiger partial charge in [0.2, 0.25) is 0 Å². The van der Waals surface area contributed by atoms with Crippen LogP contribution in [-0.4, -0.2) is 42.0 Å². The predicted octanol–water partition coefficient (Wildman–Crippen LogP) is 5.14. The maximum Gasteiger partial charge on any atom is 0.416 e. The Morgan fingerprint density at radius 3 is 2.25 bits per heavy atom. The predicted molar refractivity (Wildman–Crippen MR) is 107 cm³/mol. The lowest BCUT2D eigenvalue weighted by atomic mass is 10.0.